The fourth-order valence-electron chi connectivity index (χ4n) is 2.53. The monoisotopic (exact) mass is 239 g/mol. The molecule has 1 aromatic carbocycles. The van der Waals surface area contributed by atoms with Gasteiger partial charge >= 0.3 is 0 Å². The van der Waals surface area contributed by atoms with Gasteiger partial charge in [-0.05, 0) is 31.4 Å². The molecule has 3 rings (SSSR count). The highest BCUT2D eigenvalue weighted by Crippen LogP contribution is 2.24. The van der Waals surface area contributed by atoms with E-state index in [9.17, 15) is 4.79 Å². The lowest BCUT2D eigenvalue weighted by Gasteiger charge is -2.28. The van der Waals surface area contributed by atoms with E-state index in [0.717, 1.165) is 29.8 Å². The predicted molar refractivity (Wildman–Crippen MR) is 72.6 cm³/mol. The van der Waals surface area contributed by atoms with Crippen molar-refractivity contribution in [3.8, 4) is 0 Å². The second kappa shape index (κ2) is 4.77. The van der Waals surface area contributed by atoms with Gasteiger partial charge in [-0.25, -0.2) is 4.98 Å². The summed E-state index contributed by atoms with van der Waals surface area (Å²) < 4.78 is 0. The molecule has 0 bridgehead atoms. The standard InChI is InChI=1S/C15H15N2O/c18-11-12-10-15(17-8-4-1-5-9-17)16-14-7-3-2-6-13(12)14/h2-3,6-7,10H,1,4-5,8-9H2. The van der Waals surface area contributed by atoms with Crippen molar-refractivity contribution in [3.63, 3.8) is 0 Å². The maximum absolute atomic E-state index is 11.1. The topological polar surface area (TPSA) is 33.2 Å². The summed E-state index contributed by atoms with van der Waals surface area (Å²) in [5.41, 5.74) is 1.49. The Morgan fingerprint density at radius 2 is 1.89 bits per heavy atom. The maximum Gasteiger partial charge on any atom is 0.234 e. The molecule has 0 aliphatic carbocycles. The lowest BCUT2D eigenvalue weighted by molar-refractivity contribution is 0.562. The van der Waals surface area contributed by atoms with Crippen LogP contribution in [0.25, 0.3) is 10.9 Å². The second-order valence-electron chi connectivity index (χ2n) is 4.69. The summed E-state index contributed by atoms with van der Waals surface area (Å²) in [6.07, 6.45) is 5.73. The summed E-state index contributed by atoms with van der Waals surface area (Å²) in [4.78, 5) is 18.0. The minimum absolute atomic E-state index is 0.612. The predicted octanol–water partition coefficient (Wildman–Crippen LogP) is 2.68. The van der Waals surface area contributed by atoms with Gasteiger partial charge in [0.2, 0.25) is 6.29 Å². The Hall–Kier alpha value is -1.90. The Balaban J connectivity index is 2.09. The number of aromatic nitrogens is 1. The molecule has 18 heavy (non-hydrogen) atoms. The van der Waals surface area contributed by atoms with E-state index in [1.54, 1.807) is 0 Å². The molecule has 1 fully saturated rings. The first-order valence-electron chi connectivity index (χ1n) is 6.41. The molecule has 0 atom stereocenters. The highest BCUT2D eigenvalue weighted by atomic mass is 16.1. The van der Waals surface area contributed by atoms with Gasteiger partial charge in [0, 0.05) is 24.0 Å². The summed E-state index contributed by atoms with van der Waals surface area (Å²) in [7, 11) is 0. The first-order valence-corrected chi connectivity index (χ1v) is 6.41. The van der Waals surface area contributed by atoms with E-state index in [4.69, 9.17) is 0 Å². The van der Waals surface area contributed by atoms with Gasteiger partial charge in [0.15, 0.2) is 0 Å². The van der Waals surface area contributed by atoms with E-state index < -0.39 is 0 Å². The normalized spacial score (nSPS) is 15.9. The minimum atomic E-state index is 0.612. The Morgan fingerprint density at radius 1 is 1.11 bits per heavy atom. The molecule has 0 saturated carbocycles. The molecule has 1 radical (unpaired) electrons. The largest absolute Gasteiger partial charge is 0.357 e. The van der Waals surface area contributed by atoms with Crippen LogP contribution in [0.4, 0.5) is 5.82 Å². The van der Waals surface area contributed by atoms with Crippen molar-refractivity contribution in [2.45, 2.75) is 19.3 Å². The molecule has 3 nitrogen and oxygen atoms in total. The number of benzene rings is 1. The first kappa shape index (κ1) is 11.2. The molecule has 1 saturated heterocycles. The first-order chi connectivity index (χ1) is 8.88. The van der Waals surface area contributed by atoms with E-state index in [0.29, 0.717) is 5.56 Å². The Kier molecular flexibility index (Phi) is 2.97. The van der Waals surface area contributed by atoms with E-state index in [1.807, 2.05) is 36.6 Å². The van der Waals surface area contributed by atoms with Crippen LogP contribution in [-0.2, 0) is 4.79 Å². The molecule has 2 aromatic rings. The van der Waals surface area contributed by atoms with Crippen LogP contribution in [0.5, 0.6) is 0 Å². The number of para-hydroxylation sites is 1. The highest BCUT2D eigenvalue weighted by molar-refractivity contribution is 5.97. The maximum atomic E-state index is 11.1. The van der Waals surface area contributed by atoms with Crippen LogP contribution in [0.2, 0.25) is 0 Å². The van der Waals surface area contributed by atoms with Crippen molar-refractivity contribution in [1.29, 1.82) is 0 Å². The summed E-state index contributed by atoms with van der Waals surface area (Å²) in [6, 6.07) is 9.60. The zero-order valence-electron chi connectivity index (χ0n) is 10.2. The van der Waals surface area contributed by atoms with Crippen LogP contribution in [0.15, 0.2) is 30.3 Å². The van der Waals surface area contributed by atoms with Crippen molar-refractivity contribution in [1.82, 2.24) is 4.98 Å². The fourth-order valence-corrected chi connectivity index (χ4v) is 2.53. The molecule has 1 aliphatic heterocycles. The molecule has 1 aromatic heterocycles. The van der Waals surface area contributed by atoms with Crippen molar-refractivity contribution < 1.29 is 4.79 Å². The van der Waals surface area contributed by atoms with Gasteiger partial charge in [-0.2, -0.15) is 0 Å². The zero-order valence-corrected chi connectivity index (χ0v) is 10.2. The van der Waals surface area contributed by atoms with Crippen molar-refractivity contribution in [3.05, 3.63) is 35.9 Å². The zero-order chi connectivity index (χ0) is 12.4. The molecule has 0 amide bonds. The third-order valence-electron chi connectivity index (χ3n) is 3.49. The number of hydrogen-bond donors (Lipinski definition) is 0. The highest BCUT2D eigenvalue weighted by Gasteiger charge is 2.14. The molecule has 0 N–H and O–H groups in total. The lowest BCUT2D eigenvalue weighted by atomic mass is 10.1. The van der Waals surface area contributed by atoms with Crippen molar-refractivity contribution >= 4 is 23.0 Å². The number of nitrogens with zero attached hydrogens (tertiary/aromatic N) is 2. The Morgan fingerprint density at radius 3 is 2.67 bits per heavy atom. The Bertz CT molecular complexity index is 574. The third-order valence-corrected chi connectivity index (χ3v) is 3.49. The van der Waals surface area contributed by atoms with Crippen molar-refractivity contribution in [2.75, 3.05) is 18.0 Å². The summed E-state index contributed by atoms with van der Waals surface area (Å²) >= 11 is 0. The van der Waals surface area contributed by atoms with Crippen LogP contribution in [0.3, 0.4) is 0 Å². The number of hydrogen-bond acceptors (Lipinski definition) is 3. The van der Waals surface area contributed by atoms with Crippen LogP contribution >= 0.6 is 0 Å². The molecular weight excluding hydrogens is 224 g/mol. The number of carbonyl (C=O) groups excluding carboxylic acids is 1. The van der Waals surface area contributed by atoms with Gasteiger partial charge in [0.25, 0.3) is 0 Å². The third kappa shape index (κ3) is 1.96. The number of rotatable bonds is 2. The molecule has 2 heterocycles. The molecule has 91 valence electrons. The smallest absolute Gasteiger partial charge is 0.234 e. The summed E-state index contributed by atoms with van der Waals surface area (Å²) in [6.45, 7) is 2.06. The average Bonchev–Trinajstić information content (AvgIpc) is 2.47. The summed E-state index contributed by atoms with van der Waals surface area (Å²) in [5.74, 6) is 0.909. The molecule has 0 unspecified atom stereocenters. The van der Waals surface area contributed by atoms with E-state index in [2.05, 4.69) is 9.88 Å². The molecule has 3 heteroatoms. The second-order valence-corrected chi connectivity index (χ2v) is 4.69. The van der Waals surface area contributed by atoms with Gasteiger partial charge in [-0.3, -0.25) is 4.79 Å². The van der Waals surface area contributed by atoms with Crippen LogP contribution < -0.4 is 4.90 Å². The van der Waals surface area contributed by atoms with Crippen molar-refractivity contribution in [2.24, 2.45) is 0 Å². The van der Waals surface area contributed by atoms with E-state index in [1.165, 1.54) is 19.3 Å². The number of anilines is 1. The van der Waals surface area contributed by atoms with Gasteiger partial charge in [0.1, 0.15) is 5.82 Å². The number of piperidine rings is 1. The van der Waals surface area contributed by atoms with Gasteiger partial charge in [-0.15, -0.1) is 0 Å². The SMILES string of the molecule is O=[C]c1cc(N2CCCCC2)nc2ccccc12. The van der Waals surface area contributed by atoms with Crippen LogP contribution in [-0.4, -0.2) is 24.4 Å². The van der Waals surface area contributed by atoms with Crippen LogP contribution in [0, 0.1) is 0 Å². The molecule has 1 aliphatic rings. The minimum Gasteiger partial charge on any atom is -0.357 e. The van der Waals surface area contributed by atoms with Crippen LogP contribution in [0.1, 0.15) is 24.8 Å². The van der Waals surface area contributed by atoms with E-state index >= 15 is 0 Å². The fraction of sp³-hybridized carbons (Fsp3) is 0.333. The average molecular weight is 239 g/mol. The number of pyridine rings is 1. The van der Waals surface area contributed by atoms with E-state index in [-0.39, 0.29) is 0 Å². The van der Waals surface area contributed by atoms with Gasteiger partial charge in [0.05, 0.1) is 5.52 Å². The lowest BCUT2D eigenvalue weighted by Crippen LogP contribution is -2.30. The summed E-state index contributed by atoms with van der Waals surface area (Å²) in [5, 5.41) is 0.883. The van der Waals surface area contributed by atoms with Gasteiger partial charge in [-0.1, -0.05) is 18.2 Å². The number of fused-ring (bicyclic) bond motifs is 1. The molecular formula is C15H15N2O. The molecule has 0 spiro atoms. The quantitative estimate of drug-likeness (QED) is 0.807. The van der Waals surface area contributed by atoms with Gasteiger partial charge < -0.3 is 4.90 Å². The Labute approximate surface area is 106 Å².